The molecule has 1 atom stereocenters. The molecule has 116 valence electrons. The summed E-state index contributed by atoms with van der Waals surface area (Å²) in [5.41, 5.74) is -0.0730. The van der Waals surface area contributed by atoms with Crippen LogP contribution in [0.15, 0.2) is 6.33 Å². The predicted molar refractivity (Wildman–Crippen MR) is 79.7 cm³/mol. The highest BCUT2D eigenvalue weighted by Gasteiger charge is 2.30. The second kappa shape index (κ2) is 7.16. The number of nitro groups is 1. The van der Waals surface area contributed by atoms with Crippen molar-refractivity contribution in [2.24, 2.45) is 0 Å². The molecule has 0 aromatic carbocycles. The first-order valence-corrected chi connectivity index (χ1v) is 7.21. The van der Waals surface area contributed by atoms with E-state index in [0.717, 1.165) is 25.8 Å². The summed E-state index contributed by atoms with van der Waals surface area (Å²) in [6.45, 7) is 4.15. The molecule has 0 saturated carbocycles. The monoisotopic (exact) mass is 295 g/mol. The van der Waals surface area contributed by atoms with Gasteiger partial charge in [0.25, 0.3) is 0 Å². The Labute approximate surface area is 123 Å². The lowest BCUT2D eigenvalue weighted by atomic mass is 10.1. The third-order valence-electron chi connectivity index (χ3n) is 3.46. The third kappa shape index (κ3) is 3.57. The highest BCUT2D eigenvalue weighted by Crippen LogP contribution is 2.33. The lowest BCUT2D eigenvalue weighted by Crippen LogP contribution is -2.40. The minimum absolute atomic E-state index is 0.0730. The molecule has 0 amide bonds. The van der Waals surface area contributed by atoms with Crippen molar-refractivity contribution in [3.05, 3.63) is 16.4 Å². The van der Waals surface area contributed by atoms with Gasteiger partial charge in [-0.1, -0.05) is 6.92 Å². The maximum Gasteiger partial charge on any atom is 0.353 e. The molecular formula is C13H21N5O3. The van der Waals surface area contributed by atoms with Gasteiger partial charge >= 0.3 is 5.69 Å². The third-order valence-corrected chi connectivity index (χ3v) is 3.46. The molecule has 1 aromatic rings. The molecule has 0 aliphatic carbocycles. The summed E-state index contributed by atoms with van der Waals surface area (Å²) in [7, 11) is 1.61. The van der Waals surface area contributed by atoms with Crippen LogP contribution in [0.2, 0.25) is 0 Å². The van der Waals surface area contributed by atoms with Crippen molar-refractivity contribution >= 4 is 17.3 Å². The summed E-state index contributed by atoms with van der Waals surface area (Å²) in [6, 6.07) is 0. The van der Waals surface area contributed by atoms with Crippen molar-refractivity contribution in [2.45, 2.75) is 32.3 Å². The molecule has 8 heteroatoms. The maximum absolute atomic E-state index is 11.3. The van der Waals surface area contributed by atoms with E-state index >= 15 is 0 Å². The van der Waals surface area contributed by atoms with E-state index in [1.54, 1.807) is 7.05 Å². The Hall–Kier alpha value is -1.96. The van der Waals surface area contributed by atoms with Crippen molar-refractivity contribution in [3.63, 3.8) is 0 Å². The van der Waals surface area contributed by atoms with Gasteiger partial charge in [-0.2, -0.15) is 0 Å². The van der Waals surface area contributed by atoms with Crippen LogP contribution in [0.25, 0.3) is 0 Å². The van der Waals surface area contributed by atoms with Gasteiger partial charge in [0.2, 0.25) is 11.6 Å². The van der Waals surface area contributed by atoms with Crippen LogP contribution >= 0.6 is 0 Å². The van der Waals surface area contributed by atoms with Crippen molar-refractivity contribution in [1.82, 2.24) is 9.97 Å². The Morgan fingerprint density at radius 2 is 2.38 bits per heavy atom. The fourth-order valence-electron chi connectivity index (χ4n) is 2.50. The normalized spacial score (nSPS) is 18.6. The van der Waals surface area contributed by atoms with E-state index in [2.05, 4.69) is 22.2 Å². The Bertz CT molecular complexity index is 497. The summed E-state index contributed by atoms with van der Waals surface area (Å²) in [4.78, 5) is 20.9. The first-order valence-electron chi connectivity index (χ1n) is 7.21. The predicted octanol–water partition coefficient (Wildman–Crippen LogP) is 1.82. The average Bonchev–Trinajstić information content (AvgIpc) is 2.52. The lowest BCUT2D eigenvalue weighted by molar-refractivity contribution is -0.383. The van der Waals surface area contributed by atoms with Crippen molar-refractivity contribution < 1.29 is 9.66 Å². The molecule has 1 unspecified atom stereocenters. The van der Waals surface area contributed by atoms with Crippen molar-refractivity contribution in [2.75, 3.05) is 37.0 Å². The number of aromatic nitrogens is 2. The van der Waals surface area contributed by atoms with Crippen LogP contribution in [0.4, 0.5) is 17.3 Å². The topological polar surface area (TPSA) is 93.4 Å². The maximum atomic E-state index is 11.3. The van der Waals surface area contributed by atoms with Gasteiger partial charge in [-0.05, 0) is 19.3 Å². The minimum Gasteiger partial charge on any atom is -0.376 e. The molecule has 1 aliphatic rings. The molecule has 0 radical (unpaired) electrons. The molecule has 1 N–H and O–H groups in total. The Balaban J connectivity index is 2.22. The molecule has 2 rings (SSSR count). The van der Waals surface area contributed by atoms with Gasteiger partial charge in [0.15, 0.2) is 0 Å². The van der Waals surface area contributed by atoms with E-state index in [-0.39, 0.29) is 17.6 Å². The van der Waals surface area contributed by atoms with Crippen LogP contribution in [0.5, 0.6) is 0 Å². The van der Waals surface area contributed by atoms with E-state index in [1.807, 2.05) is 4.90 Å². The van der Waals surface area contributed by atoms with E-state index < -0.39 is 4.92 Å². The zero-order chi connectivity index (χ0) is 15.2. The zero-order valence-electron chi connectivity index (χ0n) is 12.4. The Morgan fingerprint density at radius 1 is 1.57 bits per heavy atom. The molecule has 1 fully saturated rings. The number of hydrogen-bond donors (Lipinski definition) is 1. The van der Waals surface area contributed by atoms with Crippen LogP contribution in [0.3, 0.4) is 0 Å². The number of ether oxygens (including phenoxy) is 1. The van der Waals surface area contributed by atoms with Crippen LogP contribution < -0.4 is 10.2 Å². The highest BCUT2D eigenvalue weighted by molar-refractivity contribution is 5.70. The number of hydrogen-bond acceptors (Lipinski definition) is 7. The molecule has 1 aliphatic heterocycles. The van der Waals surface area contributed by atoms with Crippen molar-refractivity contribution in [1.29, 1.82) is 0 Å². The number of piperidine rings is 1. The standard InChI is InChI=1S/C13H21N5O3/c1-3-7-21-10-5-4-6-17(8-10)13-11(18(19)20)12(14-2)15-9-16-13/h9-10H,3-8H2,1-2H3,(H,14,15,16). The molecule has 8 nitrogen and oxygen atoms in total. The minimum atomic E-state index is -0.433. The average molecular weight is 295 g/mol. The second-order valence-electron chi connectivity index (χ2n) is 4.98. The first-order chi connectivity index (χ1) is 10.2. The van der Waals surface area contributed by atoms with Gasteiger partial charge in [-0.15, -0.1) is 0 Å². The zero-order valence-corrected chi connectivity index (χ0v) is 12.4. The van der Waals surface area contributed by atoms with Crippen molar-refractivity contribution in [3.8, 4) is 0 Å². The molecule has 0 bridgehead atoms. The number of nitrogens with one attached hydrogen (secondary N) is 1. The van der Waals surface area contributed by atoms with Crippen LogP contribution in [0.1, 0.15) is 26.2 Å². The van der Waals surface area contributed by atoms with Gasteiger partial charge < -0.3 is 15.0 Å². The molecule has 1 aromatic heterocycles. The Morgan fingerprint density at radius 3 is 3.05 bits per heavy atom. The molecule has 21 heavy (non-hydrogen) atoms. The lowest BCUT2D eigenvalue weighted by Gasteiger charge is -2.33. The smallest absolute Gasteiger partial charge is 0.353 e. The molecular weight excluding hydrogens is 274 g/mol. The number of rotatable bonds is 6. The van der Waals surface area contributed by atoms with E-state index in [4.69, 9.17) is 4.74 Å². The first kappa shape index (κ1) is 15.4. The van der Waals surface area contributed by atoms with Gasteiger partial charge in [0, 0.05) is 26.7 Å². The summed E-state index contributed by atoms with van der Waals surface area (Å²) in [6.07, 6.45) is 4.34. The van der Waals surface area contributed by atoms with Gasteiger partial charge in [-0.3, -0.25) is 10.1 Å². The van der Waals surface area contributed by atoms with Crippen LogP contribution in [-0.2, 0) is 4.74 Å². The van der Waals surface area contributed by atoms with Gasteiger partial charge in [0.1, 0.15) is 6.33 Å². The SMILES string of the molecule is CCCOC1CCCN(c2ncnc(NC)c2[N+](=O)[O-])C1. The highest BCUT2D eigenvalue weighted by atomic mass is 16.6. The van der Waals surface area contributed by atoms with Gasteiger partial charge in [-0.25, -0.2) is 9.97 Å². The van der Waals surface area contributed by atoms with E-state index in [0.29, 0.717) is 19.0 Å². The second-order valence-corrected chi connectivity index (χ2v) is 4.98. The van der Waals surface area contributed by atoms with Crippen LogP contribution in [0, 0.1) is 10.1 Å². The Kier molecular flexibility index (Phi) is 5.26. The summed E-state index contributed by atoms with van der Waals surface area (Å²) in [5.74, 6) is 0.603. The van der Waals surface area contributed by atoms with Crippen LogP contribution in [-0.4, -0.2) is 47.7 Å². The molecule has 1 saturated heterocycles. The molecule has 2 heterocycles. The fraction of sp³-hybridized carbons (Fsp3) is 0.692. The fourth-order valence-corrected chi connectivity index (χ4v) is 2.50. The number of anilines is 2. The molecule has 0 spiro atoms. The summed E-state index contributed by atoms with van der Waals surface area (Å²) in [5, 5.41) is 14.1. The van der Waals surface area contributed by atoms with E-state index in [1.165, 1.54) is 6.33 Å². The summed E-state index contributed by atoms with van der Waals surface area (Å²) >= 11 is 0. The van der Waals surface area contributed by atoms with E-state index in [9.17, 15) is 10.1 Å². The quantitative estimate of drug-likeness (QED) is 0.632. The van der Waals surface area contributed by atoms with Gasteiger partial charge in [0.05, 0.1) is 11.0 Å². The largest absolute Gasteiger partial charge is 0.376 e. The number of nitrogens with zero attached hydrogens (tertiary/aromatic N) is 4. The summed E-state index contributed by atoms with van der Waals surface area (Å²) < 4.78 is 5.77.